The fraction of sp³-hybridized carbons (Fsp3) is 0.588. The van der Waals surface area contributed by atoms with Crippen LogP contribution < -0.4 is 0 Å². The zero-order chi connectivity index (χ0) is 16.3. The van der Waals surface area contributed by atoms with Gasteiger partial charge in [0.25, 0.3) is 0 Å². The highest BCUT2D eigenvalue weighted by molar-refractivity contribution is 5.51. The molecule has 3 rings (SSSR count). The van der Waals surface area contributed by atoms with Crippen molar-refractivity contribution in [3.8, 4) is 11.5 Å². The van der Waals surface area contributed by atoms with Crippen molar-refractivity contribution < 1.29 is 9.52 Å². The minimum atomic E-state index is -0.567. The van der Waals surface area contributed by atoms with Crippen LogP contribution in [-0.4, -0.2) is 64.4 Å². The topological polar surface area (TPSA) is 68.5 Å². The van der Waals surface area contributed by atoms with E-state index in [9.17, 15) is 5.11 Å². The zero-order valence-electron chi connectivity index (χ0n) is 14.0. The van der Waals surface area contributed by atoms with E-state index in [1.165, 1.54) is 0 Å². The summed E-state index contributed by atoms with van der Waals surface area (Å²) in [6, 6.07) is 5.89. The van der Waals surface area contributed by atoms with Gasteiger partial charge in [-0.25, -0.2) is 0 Å². The van der Waals surface area contributed by atoms with Crippen LogP contribution in [0.2, 0.25) is 0 Å². The van der Waals surface area contributed by atoms with Gasteiger partial charge < -0.3 is 14.4 Å². The first-order chi connectivity index (χ1) is 11.0. The molecule has 2 aromatic rings. The lowest BCUT2D eigenvalue weighted by molar-refractivity contribution is 0.00245. The van der Waals surface area contributed by atoms with Crippen molar-refractivity contribution in [1.29, 1.82) is 0 Å². The van der Waals surface area contributed by atoms with Gasteiger partial charge in [-0.1, -0.05) is 0 Å². The van der Waals surface area contributed by atoms with Crippen LogP contribution in [0.25, 0.3) is 11.5 Å². The normalized spacial score (nSPS) is 23.3. The first kappa shape index (κ1) is 16.2. The van der Waals surface area contributed by atoms with Crippen LogP contribution in [0.3, 0.4) is 0 Å². The average molecular weight is 318 g/mol. The first-order valence-corrected chi connectivity index (χ1v) is 8.22. The minimum absolute atomic E-state index is 0.567. The van der Waals surface area contributed by atoms with E-state index in [1.807, 2.05) is 32.3 Å². The van der Waals surface area contributed by atoms with Gasteiger partial charge in [-0.05, 0) is 58.1 Å². The lowest BCUT2D eigenvalue weighted by atomic mass is 9.94. The van der Waals surface area contributed by atoms with Gasteiger partial charge in [0.1, 0.15) is 11.5 Å². The van der Waals surface area contributed by atoms with Crippen molar-refractivity contribution in [2.75, 3.05) is 33.7 Å². The second-order valence-electron chi connectivity index (χ2n) is 6.83. The van der Waals surface area contributed by atoms with Crippen molar-refractivity contribution in [3.05, 3.63) is 30.2 Å². The molecule has 2 aromatic heterocycles. The lowest BCUT2D eigenvalue weighted by Crippen LogP contribution is -2.40. The quantitative estimate of drug-likeness (QED) is 0.882. The summed E-state index contributed by atoms with van der Waals surface area (Å²) in [6.45, 7) is 3.40. The van der Waals surface area contributed by atoms with Crippen molar-refractivity contribution in [3.63, 3.8) is 0 Å². The molecule has 0 aliphatic carbocycles. The molecule has 126 valence electrons. The first-order valence-electron chi connectivity index (χ1n) is 8.22. The minimum Gasteiger partial charge on any atom is -0.458 e. The average Bonchev–Trinajstić information content (AvgIpc) is 3.11. The predicted molar refractivity (Wildman–Crippen MR) is 88.9 cm³/mol. The van der Waals surface area contributed by atoms with Crippen LogP contribution in [0.4, 0.5) is 0 Å². The second-order valence-corrected chi connectivity index (χ2v) is 6.83. The maximum Gasteiger partial charge on any atom is 0.152 e. The van der Waals surface area contributed by atoms with Gasteiger partial charge in [-0.3, -0.25) is 10.00 Å². The molecule has 0 radical (unpaired) electrons. The third-order valence-corrected chi connectivity index (χ3v) is 4.43. The molecular weight excluding hydrogens is 292 g/mol. The zero-order valence-corrected chi connectivity index (χ0v) is 14.0. The Hall–Kier alpha value is -1.63. The Labute approximate surface area is 137 Å². The van der Waals surface area contributed by atoms with Gasteiger partial charge >= 0.3 is 0 Å². The number of nitrogens with one attached hydrogen (secondary N) is 1. The molecule has 0 spiro atoms. The highest BCUT2D eigenvalue weighted by Crippen LogP contribution is 2.25. The largest absolute Gasteiger partial charge is 0.458 e. The van der Waals surface area contributed by atoms with Crippen LogP contribution in [0, 0.1) is 0 Å². The molecule has 1 saturated heterocycles. The fourth-order valence-corrected chi connectivity index (χ4v) is 3.36. The molecule has 0 bridgehead atoms. The van der Waals surface area contributed by atoms with Gasteiger partial charge in [0, 0.05) is 19.3 Å². The number of nitrogens with zero attached hydrogens (tertiary/aromatic N) is 3. The van der Waals surface area contributed by atoms with Crippen LogP contribution in [0.15, 0.2) is 28.8 Å². The summed E-state index contributed by atoms with van der Waals surface area (Å²) >= 11 is 0. The third kappa shape index (κ3) is 4.22. The number of aromatic amines is 1. The van der Waals surface area contributed by atoms with Crippen LogP contribution in [0.1, 0.15) is 25.0 Å². The Bertz CT molecular complexity index is 608. The predicted octanol–water partition coefficient (Wildman–Crippen LogP) is 1.95. The SMILES string of the molecule is CN(C)C[C@]1(O)CCCN(Cc2ccc(-c3ccn[nH]3)o2)CC1. The summed E-state index contributed by atoms with van der Waals surface area (Å²) in [5.41, 5.74) is 0.329. The van der Waals surface area contributed by atoms with Crippen molar-refractivity contribution in [2.45, 2.75) is 31.4 Å². The molecule has 1 atom stereocenters. The summed E-state index contributed by atoms with van der Waals surface area (Å²) in [5, 5.41) is 17.6. The van der Waals surface area contributed by atoms with Gasteiger partial charge in [0.05, 0.1) is 12.1 Å². The maximum atomic E-state index is 10.7. The van der Waals surface area contributed by atoms with Gasteiger partial charge in [-0.2, -0.15) is 5.10 Å². The molecular formula is C17H26N4O2. The van der Waals surface area contributed by atoms with Gasteiger partial charge in [-0.15, -0.1) is 0 Å². The molecule has 6 nitrogen and oxygen atoms in total. The van der Waals surface area contributed by atoms with E-state index in [4.69, 9.17) is 4.42 Å². The summed E-state index contributed by atoms with van der Waals surface area (Å²) < 4.78 is 5.90. The number of aromatic nitrogens is 2. The van der Waals surface area contributed by atoms with E-state index in [-0.39, 0.29) is 0 Å². The lowest BCUT2D eigenvalue weighted by Gasteiger charge is -2.29. The standard InChI is InChI=1S/C17H26N4O2/c1-20(2)13-17(22)7-3-10-21(11-8-17)12-14-4-5-16(23-14)15-6-9-18-19-15/h4-6,9,22H,3,7-8,10-13H2,1-2H3,(H,18,19)/t17-/m0/s1. The molecule has 0 unspecified atom stereocenters. The molecule has 0 aromatic carbocycles. The third-order valence-electron chi connectivity index (χ3n) is 4.43. The van der Waals surface area contributed by atoms with E-state index < -0.39 is 5.60 Å². The number of aliphatic hydroxyl groups is 1. The van der Waals surface area contributed by atoms with E-state index >= 15 is 0 Å². The summed E-state index contributed by atoms with van der Waals surface area (Å²) in [5.74, 6) is 1.77. The van der Waals surface area contributed by atoms with Crippen LogP contribution in [-0.2, 0) is 6.54 Å². The van der Waals surface area contributed by atoms with Gasteiger partial charge in [0.2, 0.25) is 0 Å². The van der Waals surface area contributed by atoms with Crippen LogP contribution in [0.5, 0.6) is 0 Å². The monoisotopic (exact) mass is 318 g/mol. The Morgan fingerprint density at radius 1 is 1.30 bits per heavy atom. The molecule has 23 heavy (non-hydrogen) atoms. The molecule has 2 N–H and O–H groups in total. The Balaban J connectivity index is 1.59. The number of H-pyrrole nitrogens is 1. The van der Waals surface area contributed by atoms with E-state index in [0.717, 1.165) is 62.7 Å². The Morgan fingerprint density at radius 2 is 2.17 bits per heavy atom. The Morgan fingerprint density at radius 3 is 2.91 bits per heavy atom. The van der Waals surface area contributed by atoms with E-state index in [1.54, 1.807) is 6.20 Å². The molecule has 3 heterocycles. The van der Waals surface area contributed by atoms with Crippen LogP contribution >= 0.6 is 0 Å². The number of furan rings is 1. The summed E-state index contributed by atoms with van der Waals surface area (Å²) in [6.07, 6.45) is 4.40. The molecule has 1 fully saturated rings. The molecule has 0 amide bonds. The molecule has 1 aliphatic rings. The van der Waals surface area contributed by atoms with Crippen molar-refractivity contribution in [2.24, 2.45) is 0 Å². The number of rotatable bonds is 5. The number of hydrogen-bond acceptors (Lipinski definition) is 5. The van der Waals surface area contributed by atoms with Crippen molar-refractivity contribution >= 4 is 0 Å². The van der Waals surface area contributed by atoms with Crippen molar-refractivity contribution in [1.82, 2.24) is 20.0 Å². The number of likely N-dealkylation sites (N-methyl/N-ethyl adjacent to an activating group) is 1. The van der Waals surface area contributed by atoms with Gasteiger partial charge in [0.15, 0.2) is 5.76 Å². The number of likely N-dealkylation sites (tertiary alicyclic amines) is 1. The highest BCUT2D eigenvalue weighted by atomic mass is 16.3. The number of hydrogen-bond donors (Lipinski definition) is 2. The Kier molecular flexibility index (Phi) is 4.84. The molecule has 6 heteroatoms. The molecule has 0 saturated carbocycles. The summed E-state index contributed by atoms with van der Waals surface area (Å²) in [4.78, 5) is 4.43. The molecule has 1 aliphatic heterocycles. The van der Waals surface area contributed by atoms with E-state index in [2.05, 4.69) is 20.0 Å². The second kappa shape index (κ2) is 6.86. The highest BCUT2D eigenvalue weighted by Gasteiger charge is 2.30. The smallest absolute Gasteiger partial charge is 0.152 e. The van der Waals surface area contributed by atoms with E-state index in [0.29, 0.717) is 0 Å². The fourth-order valence-electron chi connectivity index (χ4n) is 3.36. The maximum absolute atomic E-state index is 10.7. The summed E-state index contributed by atoms with van der Waals surface area (Å²) in [7, 11) is 4.03.